The average Bonchev–Trinajstić information content (AvgIpc) is 3.08. The van der Waals surface area contributed by atoms with E-state index in [9.17, 15) is 14.3 Å². The van der Waals surface area contributed by atoms with Gasteiger partial charge >= 0.3 is 7.82 Å². The summed E-state index contributed by atoms with van der Waals surface area (Å²) in [4.78, 5) is 23.0. The molecule has 0 radical (unpaired) electrons. The lowest BCUT2D eigenvalue weighted by Gasteiger charge is -2.24. The molecule has 0 aromatic carbocycles. The lowest BCUT2D eigenvalue weighted by Crippen LogP contribution is -2.41. The summed E-state index contributed by atoms with van der Waals surface area (Å²) in [7, 11) is 1.75. The van der Waals surface area contributed by atoms with Crippen LogP contribution < -0.4 is 5.32 Å². The topological polar surface area (TPSA) is 94.1 Å². The summed E-state index contributed by atoms with van der Waals surface area (Å²) in [5.41, 5.74) is 0. The van der Waals surface area contributed by atoms with Crippen LogP contribution in [0.5, 0.6) is 0 Å². The number of carbonyl (C=O) groups is 1. The molecule has 9 heteroatoms. The van der Waals surface area contributed by atoms with Gasteiger partial charge in [-0.25, -0.2) is 4.57 Å². The first kappa shape index (κ1) is 50.5. The number of ether oxygens (including phenoxy) is 1. The molecule has 2 atom stereocenters. The zero-order chi connectivity index (χ0) is 37.7. The molecule has 1 amide bonds. The largest absolute Gasteiger partial charge is 0.472 e. The van der Waals surface area contributed by atoms with Crippen molar-refractivity contribution in [1.29, 1.82) is 0 Å². The fourth-order valence-corrected chi connectivity index (χ4v) is 7.12. The first-order chi connectivity index (χ1) is 24.6. The summed E-state index contributed by atoms with van der Waals surface area (Å²) in [6, 6.07) is -0.497. The smallest absolute Gasteiger partial charge is 0.379 e. The van der Waals surface area contributed by atoms with Crippen LogP contribution in [0.4, 0.5) is 0 Å². The van der Waals surface area contributed by atoms with Gasteiger partial charge in [0.15, 0.2) is 0 Å². The van der Waals surface area contributed by atoms with Gasteiger partial charge in [0.25, 0.3) is 0 Å². The van der Waals surface area contributed by atoms with Crippen LogP contribution in [0.3, 0.4) is 0 Å². The Morgan fingerprint density at radius 3 is 1.31 bits per heavy atom. The highest BCUT2D eigenvalue weighted by Crippen LogP contribution is 2.43. The molecule has 0 saturated heterocycles. The highest BCUT2D eigenvalue weighted by molar-refractivity contribution is 7.47. The third-order valence-corrected chi connectivity index (χ3v) is 10.8. The van der Waals surface area contributed by atoms with Gasteiger partial charge in [0.2, 0.25) is 5.91 Å². The molecule has 0 bridgehead atoms. The molecule has 0 heterocycles. The second-order valence-electron chi connectivity index (χ2n) is 16.2. The van der Waals surface area contributed by atoms with Gasteiger partial charge in [-0.2, -0.15) is 0 Å². The molecule has 0 aromatic heterocycles. The van der Waals surface area contributed by atoms with Gasteiger partial charge in [0, 0.05) is 13.0 Å². The monoisotopic (exact) mass is 748 g/mol. The summed E-state index contributed by atoms with van der Waals surface area (Å²) in [6.07, 6.45) is 38.2. The summed E-state index contributed by atoms with van der Waals surface area (Å²) in [5, 5.41) is 2.99. The number of nitrogens with one attached hydrogen (secondary N) is 1. The lowest BCUT2D eigenvalue weighted by atomic mass is 10.0. The molecule has 0 rings (SSSR count). The molecule has 0 aliphatic rings. The number of unbranched alkanes of at least 4 members (excludes halogenated alkanes) is 27. The van der Waals surface area contributed by atoms with Crippen LogP contribution in [0.25, 0.3) is 0 Å². The molecule has 8 nitrogen and oxygen atoms in total. The quantitative estimate of drug-likeness (QED) is 0.0367. The highest BCUT2D eigenvalue weighted by Gasteiger charge is 2.25. The predicted molar refractivity (Wildman–Crippen MR) is 217 cm³/mol. The Labute approximate surface area is 317 Å². The van der Waals surface area contributed by atoms with Crippen LogP contribution in [0.1, 0.15) is 206 Å². The van der Waals surface area contributed by atoms with Crippen LogP contribution in [0, 0.1) is 0 Å². The van der Waals surface area contributed by atoms with Gasteiger partial charge < -0.3 is 19.4 Å². The first-order valence-electron chi connectivity index (χ1n) is 21.9. The van der Waals surface area contributed by atoms with Crippen molar-refractivity contribution in [2.45, 2.75) is 213 Å². The molecule has 0 saturated carbocycles. The maximum atomic E-state index is 12.8. The number of carbonyl (C=O) groups excluding carboxylic acids is 1. The van der Waals surface area contributed by atoms with Crippen LogP contribution in [-0.4, -0.2) is 75.4 Å². The lowest BCUT2D eigenvalue weighted by molar-refractivity contribution is -0.870. The Balaban J connectivity index is 4.18. The van der Waals surface area contributed by atoms with E-state index >= 15 is 0 Å². The van der Waals surface area contributed by atoms with Crippen molar-refractivity contribution in [3.8, 4) is 0 Å². The van der Waals surface area contributed by atoms with E-state index in [-0.39, 0.29) is 25.7 Å². The minimum absolute atomic E-state index is 0.0589. The van der Waals surface area contributed by atoms with Gasteiger partial charge in [-0.15, -0.1) is 0 Å². The fourth-order valence-electron chi connectivity index (χ4n) is 6.36. The van der Waals surface area contributed by atoms with Crippen molar-refractivity contribution >= 4 is 13.7 Å². The standard InChI is InChI=1S/C42H87N2O6P/c1-6-8-10-12-14-16-18-20-21-22-24-26-28-30-32-34-37-48-39-41(40-50-51(46,47)49-38-36-44(3,4)5)43-42(45)35-33-31-29-27-25-23-19-17-15-13-11-9-7-2/h41H,6-40H2,1-5H3,(H-,43,45,46,47)/p+1/t41-/m1/s1. The number of amides is 1. The van der Waals surface area contributed by atoms with E-state index in [4.69, 9.17) is 13.8 Å². The molecule has 2 N–H and O–H groups in total. The van der Waals surface area contributed by atoms with E-state index in [2.05, 4.69) is 19.2 Å². The second kappa shape index (κ2) is 36.5. The number of quaternary nitrogens is 1. The third kappa shape index (κ3) is 40.5. The second-order valence-corrected chi connectivity index (χ2v) is 17.7. The SMILES string of the molecule is CCCCCCCCCCCCCCCCCCOC[C@H](COP(=O)(O)OCC[N+](C)(C)C)NC(=O)CCCCCCCCCCCCCCC. The minimum Gasteiger partial charge on any atom is -0.379 e. The highest BCUT2D eigenvalue weighted by atomic mass is 31.2. The van der Waals surface area contributed by atoms with Crippen molar-refractivity contribution in [3.05, 3.63) is 0 Å². The van der Waals surface area contributed by atoms with Gasteiger partial charge in [0.05, 0.1) is 40.4 Å². The number of rotatable bonds is 41. The molecule has 0 spiro atoms. The molecule has 1 unspecified atom stereocenters. The Bertz CT molecular complexity index is 794. The van der Waals surface area contributed by atoms with Crippen molar-refractivity contribution in [2.24, 2.45) is 0 Å². The molecule has 0 fully saturated rings. The Morgan fingerprint density at radius 2 is 0.922 bits per heavy atom. The summed E-state index contributed by atoms with van der Waals surface area (Å²) >= 11 is 0. The third-order valence-electron chi connectivity index (χ3n) is 9.79. The van der Waals surface area contributed by atoms with Crippen LogP contribution >= 0.6 is 7.82 Å². The molecular formula is C42H88N2O6P+. The predicted octanol–water partition coefficient (Wildman–Crippen LogP) is 12.1. The van der Waals surface area contributed by atoms with Crippen molar-refractivity contribution in [2.75, 3.05) is 54.1 Å². The normalized spacial score (nSPS) is 13.8. The van der Waals surface area contributed by atoms with E-state index in [1.807, 2.05) is 21.1 Å². The Kier molecular flexibility index (Phi) is 36.1. The molecule has 0 aliphatic heterocycles. The Hall–Kier alpha value is -0.500. The number of nitrogens with zero attached hydrogens (tertiary/aromatic N) is 1. The summed E-state index contributed by atoms with van der Waals surface area (Å²) in [6.45, 7) is 5.98. The van der Waals surface area contributed by atoms with Gasteiger partial charge in [0.1, 0.15) is 13.2 Å². The average molecular weight is 748 g/mol. The van der Waals surface area contributed by atoms with Gasteiger partial charge in [-0.3, -0.25) is 13.8 Å². The van der Waals surface area contributed by atoms with E-state index in [1.54, 1.807) is 0 Å². The molecule has 51 heavy (non-hydrogen) atoms. The van der Waals surface area contributed by atoms with E-state index in [0.29, 0.717) is 24.1 Å². The van der Waals surface area contributed by atoms with Crippen LogP contribution in [0.2, 0.25) is 0 Å². The Morgan fingerprint density at radius 1 is 0.549 bits per heavy atom. The fraction of sp³-hybridized carbons (Fsp3) is 0.976. The van der Waals surface area contributed by atoms with Crippen molar-refractivity contribution in [3.63, 3.8) is 0 Å². The number of hydrogen-bond donors (Lipinski definition) is 2. The minimum atomic E-state index is -4.22. The number of phosphoric acid groups is 1. The van der Waals surface area contributed by atoms with Gasteiger partial charge in [-0.05, 0) is 12.8 Å². The molecular weight excluding hydrogens is 659 g/mol. The number of hydrogen-bond acceptors (Lipinski definition) is 5. The van der Waals surface area contributed by atoms with Crippen molar-refractivity contribution < 1.29 is 32.5 Å². The van der Waals surface area contributed by atoms with Crippen LogP contribution in [-0.2, 0) is 23.1 Å². The van der Waals surface area contributed by atoms with Crippen LogP contribution in [0.15, 0.2) is 0 Å². The zero-order valence-corrected chi connectivity index (χ0v) is 35.6. The first-order valence-corrected chi connectivity index (χ1v) is 23.4. The zero-order valence-electron chi connectivity index (χ0n) is 34.7. The molecule has 0 aliphatic carbocycles. The van der Waals surface area contributed by atoms with E-state index in [0.717, 1.165) is 32.1 Å². The molecule has 306 valence electrons. The summed E-state index contributed by atoms with van der Waals surface area (Å²) in [5.74, 6) is -0.0589. The maximum absolute atomic E-state index is 12.8. The van der Waals surface area contributed by atoms with E-state index in [1.165, 1.54) is 154 Å². The number of likely N-dealkylation sites (N-methyl/N-ethyl adjacent to an activating group) is 1. The summed E-state index contributed by atoms with van der Waals surface area (Å²) < 4.78 is 29.5. The van der Waals surface area contributed by atoms with Gasteiger partial charge in [-0.1, -0.05) is 187 Å². The number of phosphoric ester groups is 1. The maximum Gasteiger partial charge on any atom is 0.472 e. The molecule has 0 aromatic rings. The van der Waals surface area contributed by atoms with E-state index < -0.39 is 13.9 Å². The van der Waals surface area contributed by atoms with Crippen molar-refractivity contribution in [1.82, 2.24) is 5.32 Å².